The van der Waals surface area contributed by atoms with Gasteiger partial charge in [0.1, 0.15) is 17.1 Å². The molecule has 0 atom stereocenters. The van der Waals surface area contributed by atoms with E-state index in [1.807, 2.05) is 0 Å². The van der Waals surface area contributed by atoms with E-state index in [4.69, 9.17) is 10.5 Å². The number of nitrogens with two attached hydrogens (primary N) is 1. The number of anilines is 2. The Balaban J connectivity index is 2.63. The molecule has 6 heteroatoms. The summed E-state index contributed by atoms with van der Waals surface area (Å²) in [6.07, 6.45) is 0.932. The zero-order valence-electron chi connectivity index (χ0n) is 9.37. The average molecular weight is 212 g/mol. The Morgan fingerprint density at radius 2 is 2.20 bits per heavy atom. The van der Waals surface area contributed by atoms with Crippen molar-refractivity contribution >= 4 is 17.6 Å². The van der Waals surface area contributed by atoms with Gasteiger partial charge in [-0.2, -0.15) is 5.10 Å². The SMILES string of the molecule is Cn1ncc(NC(=O)OC(C)(C)C)c1N. The Morgan fingerprint density at radius 3 is 2.60 bits per heavy atom. The molecule has 6 nitrogen and oxygen atoms in total. The molecule has 0 aromatic carbocycles. The standard InChI is InChI=1S/C9H16N4O2/c1-9(2,3)15-8(14)12-6-5-11-13(4)7(6)10/h5H,10H2,1-4H3,(H,12,14). The second-order valence-corrected chi connectivity index (χ2v) is 4.19. The predicted octanol–water partition coefficient (Wildman–Crippen LogP) is 1.35. The molecule has 0 spiro atoms. The van der Waals surface area contributed by atoms with Crippen LogP contribution in [0.3, 0.4) is 0 Å². The highest BCUT2D eigenvalue weighted by atomic mass is 16.6. The number of aryl methyl sites for hydroxylation is 1. The smallest absolute Gasteiger partial charge is 0.412 e. The molecule has 3 N–H and O–H groups in total. The molecule has 84 valence electrons. The van der Waals surface area contributed by atoms with Crippen LogP contribution in [0.2, 0.25) is 0 Å². The summed E-state index contributed by atoms with van der Waals surface area (Å²) in [6.45, 7) is 5.37. The van der Waals surface area contributed by atoms with E-state index < -0.39 is 11.7 Å². The lowest BCUT2D eigenvalue weighted by atomic mass is 10.2. The van der Waals surface area contributed by atoms with Crippen LogP contribution in [0.1, 0.15) is 20.8 Å². The molecular formula is C9H16N4O2. The molecule has 1 amide bonds. The molecule has 15 heavy (non-hydrogen) atoms. The second-order valence-electron chi connectivity index (χ2n) is 4.19. The van der Waals surface area contributed by atoms with Crippen LogP contribution >= 0.6 is 0 Å². The number of amides is 1. The molecule has 0 aliphatic carbocycles. The van der Waals surface area contributed by atoms with E-state index >= 15 is 0 Å². The van der Waals surface area contributed by atoms with E-state index in [9.17, 15) is 4.79 Å². The molecule has 1 heterocycles. The summed E-state index contributed by atoms with van der Waals surface area (Å²) in [5, 5.41) is 6.41. The van der Waals surface area contributed by atoms with Crippen LogP contribution in [0.25, 0.3) is 0 Å². The quantitative estimate of drug-likeness (QED) is 0.736. The second kappa shape index (κ2) is 3.80. The van der Waals surface area contributed by atoms with Gasteiger partial charge < -0.3 is 10.5 Å². The minimum atomic E-state index is -0.540. The maximum absolute atomic E-state index is 11.4. The molecule has 1 aromatic heterocycles. The van der Waals surface area contributed by atoms with Gasteiger partial charge in [-0.1, -0.05) is 0 Å². The van der Waals surface area contributed by atoms with Crippen LogP contribution in [0, 0.1) is 0 Å². The predicted molar refractivity (Wildman–Crippen MR) is 57.5 cm³/mol. The van der Waals surface area contributed by atoms with Crippen LogP contribution in [0.5, 0.6) is 0 Å². The van der Waals surface area contributed by atoms with Gasteiger partial charge in [-0.05, 0) is 20.8 Å². The average Bonchev–Trinajstić information content (AvgIpc) is 2.32. The summed E-state index contributed by atoms with van der Waals surface area (Å²) >= 11 is 0. The topological polar surface area (TPSA) is 82.2 Å². The van der Waals surface area contributed by atoms with E-state index in [0.29, 0.717) is 11.5 Å². The van der Waals surface area contributed by atoms with Gasteiger partial charge in [-0.25, -0.2) is 4.79 Å². The summed E-state index contributed by atoms with van der Waals surface area (Å²) in [6, 6.07) is 0. The number of hydrogen-bond donors (Lipinski definition) is 2. The summed E-state index contributed by atoms with van der Waals surface area (Å²) in [5.74, 6) is 0.390. The van der Waals surface area contributed by atoms with Crippen molar-refractivity contribution in [3.05, 3.63) is 6.20 Å². The zero-order chi connectivity index (χ0) is 11.6. The van der Waals surface area contributed by atoms with Gasteiger partial charge in [-0.15, -0.1) is 0 Å². The van der Waals surface area contributed by atoms with Crippen LogP contribution in [-0.4, -0.2) is 21.5 Å². The van der Waals surface area contributed by atoms with Crippen molar-refractivity contribution < 1.29 is 9.53 Å². The van der Waals surface area contributed by atoms with Crippen molar-refractivity contribution in [1.82, 2.24) is 9.78 Å². The Hall–Kier alpha value is -1.72. The van der Waals surface area contributed by atoms with Crippen molar-refractivity contribution in [3.63, 3.8) is 0 Å². The van der Waals surface area contributed by atoms with Gasteiger partial charge in [0, 0.05) is 7.05 Å². The fourth-order valence-corrected chi connectivity index (χ4v) is 0.957. The molecule has 0 unspecified atom stereocenters. The van der Waals surface area contributed by atoms with Gasteiger partial charge in [0.05, 0.1) is 6.20 Å². The zero-order valence-corrected chi connectivity index (χ0v) is 9.37. The maximum Gasteiger partial charge on any atom is 0.412 e. The lowest BCUT2D eigenvalue weighted by molar-refractivity contribution is 0.0636. The summed E-state index contributed by atoms with van der Waals surface area (Å²) in [5.41, 5.74) is 5.57. The molecular weight excluding hydrogens is 196 g/mol. The van der Waals surface area contributed by atoms with E-state index in [0.717, 1.165) is 0 Å². The summed E-state index contributed by atoms with van der Waals surface area (Å²) in [7, 11) is 1.69. The number of nitrogens with zero attached hydrogens (tertiary/aromatic N) is 2. The van der Waals surface area contributed by atoms with Gasteiger partial charge in [0.2, 0.25) is 0 Å². The Bertz CT molecular complexity index is 365. The minimum Gasteiger partial charge on any atom is -0.444 e. The number of ether oxygens (including phenoxy) is 1. The normalized spacial score (nSPS) is 11.2. The van der Waals surface area contributed by atoms with Crippen LogP contribution in [0.4, 0.5) is 16.3 Å². The lowest BCUT2D eigenvalue weighted by Crippen LogP contribution is -2.27. The number of carbonyl (C=O) groups is 1. The first-order chi connectivity index (χ1) is 6.79. The molecule has 0 bridgehead atoms. The first-order valence-corrected chi connectivity index (χ1v) is 4.57. The molecule has 0 fully saturated rings. The first-order valence-electron chi connectivity index (χ1n) is 4.57. The minimum absolute atomic E-state index is 0.390. The maximum atomic E-state index is 11.4. The van der Waals surface area contributed by atoms with E-state index in [1.54, 1.807) is 27.8 Å². The van der Waals surface area contributed by atoms with Crippen LogP contribution in [-0.2, 0) is 11.8 Å². The number of rotatable bonds is 1. The molecule has 0 radical (unpaired) electrons. The van der Waals surface area contributed by atoms with Crippen molar-refractivity contribution in [3.8, 4) is 0 Å². The fourth-order valence-electron chi connectivity index (χ4n) is 0.957. The molecule has 0 aliphatic heterocycles. The molecule has 0 saturated heterocycles. The van der Waals surface area contributed by atoms with Gasteiger partial charge >= 0.3 is 6.09 Å². The van der Waals surface area contributed by atoms with Crippen molar-refractivity contribution in [1.29, 1.82) is 0 Å². The number of aromatic nitrogens is 2. The molecule has 0 aliphatic rings. The molecule has 1 rings (SSSR count). The van der Waals surface area contributed by atoms with Crippen molar-refractivity contribution in [2.24, 2.45) is 7.05 Å². The third-order valence-electron chi connectivity index (χ3n) is 1.62. The third-order valence-corrected chi connectivity index (χ3v) is 1.62. The van der Waals surface area contributed by atoms with E-state index in [-0.39, 0.29) is 0 Å². The number of hydrogen-bond acceptors (Lipinski definition) is 4. The van der Waals surface area contributed by atoms with Crippen molar-refractivity contribution in [2.45, 2.75) is 26.4 Å². The lowest BCUT2D eigenvalue weighted by Gasteiger charge is -2.19. The Kier molecular flexibility index (Phi) is 2.88. The third kappa shape index (κ3) is 3.16. The largest absolute Gasteiger partial charge is 0.444 e. The highest BCUT2D eigenvalue weighted by Crippen LogP contribution is 2.17. The highest BCUT2D eigenvalue weighted by Gasteiger charge is 2.17. The van der Waals surface area contributed by atoms with Crippen LogP contribution < -0.4 is 11.1 Å². The number of nitrogen functional groups attached to an aromatic ring is 1. The Morgan fingerprint density at radius 1 is 1.60 bits per heavy atom. The van der Waals surface area contributed by atoms with Gasteiger partial charge in [-0.3, -0.25) is 10.00 Å². The molecule has 1 aromatic rings. The monoisotopic (exact) mass is 212 g/mol. The highest BCUT2D eigenvalue weighted by molar-refractivity contribution is 5.88. The number of nitrogens with one attached hydrogen (secondary N) is 1. The fraction of sp³-hybridized carbons (Fsp3) is 0.556. The summed E-state index contributed by atoms with van der Waals surface area (Å²) in [4.78, 5) is 11.4. The van der Waals surface area contributed by atoms with Crippen molar-refractivity contribution in [2.75, 3.05) is 11.1 Å². The molecule has 0 saturated carbocycles. The number of carbonyl (C=O) groups excluding carboxylic acids is 1. The van der Waals surface area contributed by atoms with E-state index in [1.165, 1.54) is 10.9 Å². The van der Waals surface area contributed by atoms with Crippen LogP contribution in [0.15, 0.2) is 6.20 Å². The van der Waals surface area contributed by atoms with Gasteiger partial charge in [0.25, 0.3) is 0 Å². The van der Waals surface area contributed by atoms with Gasteiger partial charge in [0.15, 0.2) is 0 Å². The first kappa shape index (κ1) is 11.4. The summed E-state index contributed by atoms with van der Waals surface area (Å²) < 4.78 is 6.53. The Labute approximate surface area is 88.4 Å². The van der Waals surface area contributed by atoms with E-state index in [2.05, 4.69) is 10.4 Å².